The maximum absolute atomic E-state index is 4.90. The molecule has 0 N–H and O–H groups in total. The zero-order valence-corrected chi connectivity index (χ0v) is 16.2. The highest BCUT2D eigenvalue weighted by Gasteiger charge is 2.23. The Morgan fingerprint density at radius 1 is 1.04 bits per heavy atom. The summed E-state index contributed by atoms with van der Waals surface area (Å²) >= 11 is 0. The highest BCUT2D eigenvalue weighted by Crippen LogP contribution is 2.31. The lowest BCUT2D eigenvalue weighted by atomic mass is 9.87. The number of rotatable bonds is 3. The lowest BCUT2D eigenvalue weighted by Gasteiger charge is -2.24. The van der Waals surface area contributed by atoms with Crippen molar-refractivity contribution in [1.29, 1.82) is 0 Å². The van der Waals surface area contributed by atoms with Gasteiger partial charge in [-0.1, -0.05) is 51.7 Å². The highest BCUT2D eigenvalue weighted by molar-refractivity contribution is 6.89. The van der Waals surface area contributed by atoms with Crippen molar-refractivity contribution in [3.05, 3.63) is 47.2 Å². The number of fused-ring (bicyclic) bond motifs is 1. The molecule has 1 aliphatic rings. The van der Waals surface area contributed by atoms with E-state index in [1.165, 1.54) is 53.3 Å². The summed E-state index contributed by atoms with van der Waals surface area (Å²) in [5.41, 5.74) is 7.13. The fourth-order valence-electron chi connectivity index (χ4n) is 3.74. The van der Waals surface area contributed by atoms with Crippen LogP contribution in [0.25, 0.3) is 11.3 Å². The summed E-state index contributed by atoms with van der Waals surface area (Å²) in [4.78, 5) is 4.90. The van der Waals surface area contributed by atoms with Crippen LogP contribution in [-0.4, -0.2) is 13.1 Å². The molecular formula is C21H29NSi. The van der Waals surface area contributed by atoms with Crippen molar-refractivity contribution in [2.75, 3.05) is 0 Å². The molecule has 0 amide bonds. The van der Waals surface area contributed by atoms with Crippen molar-refractivity contribution < 1.29 is 0 Å². The second kappa shape index (κ2) is 6.24. The Hall–Kier alpha value is -1.41. The van der Waals surface area contributed by atoms with Crippen LogP contribution in [0, 0.1) is 0 Å². The monoisotopic (exact) mass is 323 g/mol. The topological polar surface area (TPSA) is 12.9 Å². The maximum atomic E-state index is 4.90. The predicted octanol–water partition coefficient (Wildman–Crippen LogP) is 5.30. The summed E-state index contributed by atoms with van der Waals surface area (Å²) in [6, 6.07) is 9.16. The quantitative estimate of drug-likeness (QED) is 0.699. The van der Waals surface area contributed by atoms with Crippen molar-refractivity contribution >= 4 is 13.3 Å². The summed E-state index contributed by atoms with van der Waals surface area (Å²) < 4.78 is 0. The lowest BCUT2D eigenvalue weighted by Crippen LogP contribution is -2.40. The summed E-state index contributed by atoms with van der Waals surface area (Å²) in [7, 11) is -1.36. The Bertz CT molecular complexity index is 710. The van der Waals surface area contributed by atoms with E-state index in [1.54, 1.807) is 5.56 Å². The van der Waals surface area contributed by atoms with Gasteiger partial charge < -0.3 is 0 Å². The first-order chi connectivity index (χ1) is 10.9. The smallest absolute Gasteiger partial charge is 0.0799 e. The van der Waals surface area contributed by atoms with Gasteiger partial charge in [0.05, 0.1) is 13.8 Å². The minimum Gasteiger partial charge on any atom is -0.256 e. The van der Waals surface area contributed by atoms with Crippen LogP contribution in [0.15, 0.2) is 30.5 Å². The molecule has 0 atom stereocenters. The molecule has 0 bridgehead atoms. The summed E-state index contributed by atoms with van der Waals surface area (Å²) in [5.74, 6) is 0.554. The van der Waals surface area contributed by atoms with E-state index < -0.39 is 8.07 Å². The van der Waals surface area contributed by atoms with Gasteiger partial charge in [-0.3, -0.25) is 4.98 Å². The molecule has 0 spiro atoms. The van der Waals surface area contributed by atoms with Crippen molar-refractivity contribution in [3.8, 4) is 11.3 Å². The molecule has 3 rings (SSSR count). The van der Waals surface area contributed by atoms with Crippen molar-refractivity contribution in [3.63, 3.8) is 0 Å². The summed E-state index contributed by atoms with van der Waals surface area (Å²) in [6.45, 7) is 11.9. The van der Waals surface area contributed by atoms with Crippen LogP contribution in [0.2, 0.25) is 19.6 Å². The van der Waals surface area contributed by atoms with Gasteiger partial charge in [-0.2, -0.15) is 0 Å². The zero-order valence-electron chi connectivity index (χ0n) is 15.2. The minimum absolute atomic E-state index is 0.554. The summed E-state index contributed by atoms with van der Waals surface area (Å²) in [5, 5.41) is 1.51. The number of aromatic nitrogens is 1. The van der Waals surface area contributed by atoms with Crippen LogP contribution >= 0.6 is 0 Å². The van der Waals surface area contributed by atoms with Gasteiger partial charge in [-0.05, 0) is 59.5 Å². The van der Waals surface area contributed by atoms with Crippen LogP contribution < -0.4 is 5.19 Å². The number of hydrogen-bond acceptors (Lipinski definition) is 1. The Morgan fingerprint density at radius 2 is 1.78 bits per heavy atom. The van der Waals surface area contributed by atoms with Crippen LogP contribution in [0.3, 0.4) is 0 Å². The standard InChI is InChI=1S/C21H29NSi/c1-15(2)19-13-20(22-14-21(19)23(3,4)5)18-12-8-10-16-9-6-7-11-17(16)18/h8,10,12-15H,6-7,9,11H2,1-5H3. The molecule has 122 valence electrons. The van der Waals surface area contributed by atoms with E-state index in [1.807, 2.05) is 0 Å². The molecule has 0 fully saturated rings. The van der Waals surface area contributed by atoms with Crippen LogP contribution in [0.4, 0.5) is 0 Å². The van der Waals surface area contributed by atoms with E-state index in [-0.39, 0.29) is 0 Å². The Labute approximate surface area is 142 Å². The van der Waals surface area contributed by atoms with Crippen LogP contribution in [0.1, 0.15) is 49.3 Å². The van der Waals surface area contributed by atoms with Gasteiger partial charge in [0.15, 0.2) is 0 Å². The number of hydrogen-bond donors (Lipinski definition) is 0. The Morgan fingerprint density at radius 3 is 2.48 bits per heavy atom. The first kappa shape index (κ1) is 16.4. The first-order valence-electron chi connectivity index (χ1n) is 8.99. The van der Waals surface area contributed by atoms with Gasteiger partial charge in [0.1, 0.15) is 0 Å². The van der Waals surface area contributed by atoms with Gasteiger partial charge >= 0.3 is 0 Å². The molecule has 0 saturated heterocycles. The Kier molecular flexibility index (Phi) is 4.46. The minimum atomic E-state index is -1.36. The van der Waals surface area contributed by atoms with Crippen LogP contribution in [0.5, 0.6) is 0 Å². The van der Waals surface area contributed by atoms with E-state index >= 15 is 0 Å². The van der Waals surface area contributed by atoms with Gasteiger partial charge in [-0.25, -0.2) is 0 Å². The molecule has 1 nitrogen and oxygen atoms in total. The molecule has 0 saturated carbocycles. The zero-order chi connectivity index (χ0) is 16.6. The number of benzene rings is 1. The average Bonchev–Trinajstić information content (AvgIpc) is 2.53. The molecule has 23 heavy (non-hydrogen) atoms. The second-order valence-electron chi connectivity index (χ2n) is 8.21. The molecule has 1 aromatic heterocycles. The van der Waals surface area contributed by atoms with Gasteiger partial charge in [0, 0.05) is 11.8 Å². The first-order valence-corrected chi connectivity index (χ1v) is 12.5. The van der Waals surface area contributed by atoms with Gasteiger partial charge in [0.2, 0.25) is 0 Å². The third-order valence-electron chi connectivity index (χ3n) is 5.04. The van der Waals surface area contributed by atoms with E-state index in [4.69, 9.17) is 4.98 Å². The molecule has 0 radical (unpaired) electrons. The summed E-state index contributed by atoms with van der Waals surface area (Å²) in [6.07, 6.45) is 7.26. The maximum Gasteiger partial charge on any atom is 0.0799 e. The molecule has 0 unspecified atom stereocenters. The average molecular weight is 324 g/mol. The van der Waals surface area contributed by atoms with Gasteiger partial charge in [0.25, 0.3) is 0 Å². The second-order valence-corrected chi connectivity index (χ2v) is 13.3. The molecule has 1 heterocycles. The SMILES string of the molecule is CC(C)c1cc(-c2cccc3c2CCCC3)ncc1[Si](C)(C)C. The van der Waals surface area contributed by atoms with E-state index in [9.17, 15) is 0 Å². The molecule has 1 aromatic carbocycles. The van der Waals surface area contributed by atoms with E-state index in [0.29, 0.717) is 5.92 Å². The number of pyridine rings is 1. The van der Waals surface area contributed by atoms with Crippen LogP contribution in [-0.2, 0) is 12.8 Å². The molecular weight excluding hydrogens is 294 g/mol. The van der Waals surface area contributed by atoms with Gasteiger partial charge in [-0.15, -0.1) is 0 Å². The van der Waals surface area contributed by atoms with E-state index in [2.05, 4.69) is 64.0 Å². The molecule has 2 heteroatoms. The normalized spacial score (nSPS) is 14.9. The number of nitrogens with zero attached hydrogens (tertiary/aromatic N) is 1. The molecule has 2 aromatic rings. The third-order valence-corrected chi connectivity index (χ3v) is 7.07. The molecule has 1 aliphatic carbocycles. The van der Waals surface area contributed by atoms with Crippen molar-refractivity contribution in [2.24, 2.45) is 0 Å². The predicted molar refractivity (Wildman–Crippen MR) is 103 cm³/mol. The highest BCUT2D eigenvalue weighted by atomic mass is 28.3. The van der Waals surface area contributed by atoms with Crippen molar-refractivity contribution in [1.82, 2.24) is 4.98 Å². The molecule has 0 aliphatic heterocycles. The number of aryl methyl sites for hydroxylation is 1. The third kappa shape index (κ3) is 3.28. The fraction of sp³-hybridized carbons (Fsp3) is 0.476. The largest absolute Gasteiger partial charge is 0.256 e. The fourth-order valence-corrected chi connectivity index (χ4v) is 5.42. The van der Waals surface area contributed by atoms with E-state index in [0.717, 1.165) is 0 Å². The van der Waals surface area contributed by atoms with Crippen molar-refractivity contribution in [2.45, 2.75) is 65.1 Å². The Balaban J connectivity index is 2.13. The lowest BCUT2D eigenvalue weighted by molar-refractivity contribution is 0.686.